The van der Waals surface area contributed by atoms with Gasteiger partial charge >= 0.3 is 0 Å². The molecule has 0 fully saturated rings. The van der Waals surface area contributed by atoms with Crippen LogP contribution in [0.5, 0.6) is 0 Å². The summed E-state index contributed by atoms with van der Waals surface area (Å²) in [5, 5.41) is 19.8. The highest BCUT2D eigenvalue weighted by molar-refractivity contribution is 5.16. The lowest BCUT2D eigenvalue weighted by Crippen LogP contribution is -2.35. The molecule has 104 valence electrons. The molecule has 0 radical (unpaired) electrons. The highest BCUT2D eigenvalue weighted by atomic mass is 15.6. The van der Waals surface area contributed by atoms with E-state index < -0.39 is 0 Å². The van der Waals surface area contributed by atoms with Crippen molar-refractivity contribution in [1.29, 1.82) is 0 Å². The zero-order valence-electron chi connectivity index (χ0n) is 12.2. The number of nitrogens with one attached hydrogen (secondary N) is 1. The van der Waals surface area contributed by atoms with Crippen molar-refractivity contribution in [2.24, 2.45) is 7.05 Å². The fourth-order valence-corrected chi connectivity index (χ4v) is 1.70. The number of rotatable bonds is 4. The largest absolute Gasteiger partial charge is 0.308 e. The van der Waals surface area contributed by atoms with Gasteiger partial charge in [-0.25, -0.2) is 0 Å². The van der Waals surface area contributed by atoms with Crippen molar-refractivity contribution >= 4 is 0 Å². The first-order valence-corrected chi connectivity index (χ1v) is 6.34. The normalized spacial score (nSPS) is 12.1. The molecule has 0 spiro atoms. The molecule has 2 aromatic rings. The molecule has 0 aliphatic rings. The van der Waals surface area contributed by atoms with Crippen molar-refractivity contribution in [2.75, 3.05) is 0 Å². The van der Waals surface area contributed by atoms with Crippen molar-refractivity contribution in [3.8, 4) is 0 Å². The molecule has 2 rings (SSSR count). The first kappa shape index (κ1) is 13.7. The Morgan fingerprint density at radius 3 is 2.63 bits per heavy atom. The molecule has 0 aromatic carbocycles. The topological polar surface area (TPSA) is 73.5 Å². The van der Waals surface area contributed by atoms with Crippen molar-refractivity contribution in [2.45, 2.75) is 46.3 Å². The van der Waals surface area contributed by atoms with Crippen LogP contribution in [-0.2, 0) is 20.1 Å². The second-order valence-electron chi connectivity index (χ2n) is 5.71. The van der Waals surface area contributed by atoms with E-state index in [2.05, 4.69) is 53.5 Å². The molecule has 2 heterocycles. The summed E-state index contributed by atoms with van der Waals surface area (Å²) in [6.07, 6.45) is 1.89. The Balaban J connectivity index is 2.05. The lowest BCUT2D eigenvalue weighted by atomic mass is 10.1. The molecule has 0 saturated heterocycles. The van der Waals surface area contributed by atoms with Crippen LogP contribution in [0.25, 0.3) is 0 Å². The molecule has 1 N–H and O–H groups in total. The quantitative estimate of drug-likeness (QED) is 0.877. The van der Waals surface area contributed by atoms with Gasteiger partial charge in [0.15, 0.2) is 5.82 Å². The van der Waals surface area contributed by atoms with Crippen LogP contribution in [0, 0.1) is 6.92 Å². The van der Waals surface area contributed by atoms with Crippen molar-refractivity contribution in [1.82, 2.24) is 35.3 Å². The fraction of sp³-hybridized carbons (Fsp3) is 0.667. The Morgan fingerprint density at radius 2 is 2.05 bits per heavy atom. The monoisotopic (exact) mass is 263 g/mol. The summed E-state index contributed by atoms with van der Waals surface area (Å²) in [4.78, 5) is 1.45. The predicted octanol–water partition coefficient (Wildman–Crippen LogP) is 0.651. The van der Waals surface area contributed by atoms with Gasteiger partial charge in [-0.05, 0) is 32.9 Å². The van der Waals surface area contributed by atoms with Gasteiger partial charge in [0.05, 0.1) is 13.2 Å². The van der Waals surface area contributed by atoms with Crippen LogP contribution in [0.2, 0.25) is 0 Å². The summed E-state index contributed by atoms with van der Waals surface area (Å²) in [5.74, 6) is 0.670. The summed E-state index contributed by atoms with van der Waals surface area (Å²) >= 11 is 0. The summed E-state index contributed by atoms with van der Waals surface area (Å²) in [7, 11) is 1.76. The third-order valence-corrected chi connectivity index (χ3v) is 2.85. The molecular weight excluding hydrogens is 242 g/mol. The van der Waals surface area contributed by atoms with Crippen LogP contribution in [-0.4, -0.2) is 35.5 Å². The number of aromatic nitrogens is 6. The fourth-order valence-electron chi connectivity index (χ4n) is 1.70. The van der Waals surface area contributed by atoms with Gasteiger partial charge in [-0.1, -0.05) is 0 Å². The summed E-state index contributed by atoms with van der Waals surface area (Å²) in [6, 6.07) is 0. The molecule has 2 aromatic heterocycles. The second-order valence-corrected chi connectivity index (χ2v) is 5.71. The Labute approximate surface area is 113 Å². The zero-order valence-corrected chi connectivity index (χ0v) is 12.2. The van der Waals surface area contributed by atoms with Gasteiger partial charge < -0.3 is 5.32 Å². The third kappa shape index (κ3) is 3.60. The molecule has 19 heavy (non-hydrogen) atoms. The Bertz CT molecular complexity index is 547. The molecule has 7 heteroatoms. The minimum Gasteiger partial charge on any atom is -0.308 e. The average Bonchev–Trinajstić information content (AvgIpc) is 2.85. The molecule has 0 bridgehead atoms. The Morgan fingerprint density at radius 1 is 1.32 bits per heavy atom. The van der Waals surface area contributed by atoms with Crippen LogP contribution in [0.1, 0.15) is 37.9 Å². The maximum atomic E-state index is 4.38. The highest BCUT2D eigenvalue weighted by Gasteiger charge is 2.13. The molecule has 0 unspecified atom stereocenters. The molecule has 0 amide bonds. The number of aryl methyl sites for hydroxylation is 1. The van der Waals surface area contributed by atoms with E-state index in [-0.39, 0.29) is 5.54 Å². The lowest BCUT2D eigenvalue weighted by Gasteiger charge is -2.20. The van der Waals surface area contributed by atoms with E-state index in [0.29, 0.717) is 12.4 Å². The maximum Gasteiger partial charge on any atom is 0.196 e. The van der Waals surface area contributed by atoms with E-state index in [1.807, 2.05) is 10.9 Å². The number of hydrogen-bond acceptors (Lipinski definition) is 5. The zero-order chi connectivity index (χ0) is 14.0. The van der Waals surface area contributed by atoms with Gasteiger partial charge in [-0.3, -0.25) is 4.68 Å². The average molecular weight is 263 g/mol. The van der Waals surface area contributed by atoms with Crippen molar-refractivity contribution in [3.05, 3.63) is 23.3 Å². The number of nitrogens with zero attached hydrogens (tertiary/aromatic N) is 6. The van der Waals surface area contributed by atoms with Crippen LogP contribution >= 0.6 is 0 Å². The summed E-state index contributed by atoms with van der Waals surface area (Å²) in [5.41, 5.74) is 2.42. The van der Waals surface area contributed by atoms with Crippen LogP contribution in [0.4, 0.5) is 0 Å². The standard InChI is InChI=1S/C12H21N7/c1-9-10(6-13-12(2,3)4)7-14-19(9)8-11-15-17-18(5)16-11/h7,13H,6,8H2,1-5H3. The molecular formula is C12H21N7. The molecule has 0 aliphatic heterocycles. The third-order valence-electron chi connectivity index (χ3n) is 2.85. The first-order chi connectivity index (χ1) is 8.85. The van der Waals surface area contributed by atoms with E-state index in [4.69, 9.17) is 0 Å². The molecule has 0 atom stereocenters. The van der Waals surface area contributed by atoms with Gasteiger partial charge in [-0.15, -0.1) is 10.2 Å². The minimum absolute atomic E-state index is 0.0982. The molecule has 7 nitrogen and oxygen atoms in total. The van der Waals surface area contributed by atoms with Crippen LogP contribution in [0.15, 0.2) is 6.20 Å². The van der Waals surface area contributed by atoms with E-state index in [9.17, 15) is 0 Å². The van der Waals surface area contributed by atoms with Crippen LogP contribution in [0.3, 0.4) is 0 Å². The van der Waals surface area contributed by atoms with Gasteiger partial charge in [0, 0.05) is 23.3 Å². The van der Waals surface area contributed by atoms with Gasteiger partial charge in [-0.2, -0.15) is 9.90 Å². The van der Waals surface area contributed by atoms with E-state index >= 15 is 0 Å². The number of hydrogen-bond donors (Lipinski definition) is 1. The first-order valence-electron chi connectivity index (χ1n) is 6.34. The number of tetrazole rings is 1. The predicted molar refractivity (Wildman–Crippen MR) is 71.5 cm³/mol. The SMILES string of the molecule is Cc1c(CNC(C)(C)C)cnn1Cc1nnn(C)n1. The van der Waals surface area contributed by atoms with E-state index in [1.165, 1.54) is 10.4 Å². The Kier molecular flexibility index (Phi) is 3.66. The lowest BCUT2D eigenvalue weighted by molar-refractivity contribution is 0.423. The molecule has 0 aliphatic carbocycles. The second kappa shape index (κ2) is 5.08. The van der Waals surface area contributed by atoms with Crippen molar-refractivity contribution in [3.63, 3.8) is 0 Å². The highest BCUT2D eigenvalue weighted by Crippen LogP contribution is 2.10. The van der Waals surface area contributed by atoms with Gasteiger partial charge in [0.25, 0.3) is 0 Å². The Hall–Kier alpha value is -1.76. The van der Waals surface area contributed by atoms with Gasteiger partial charge in [0.1, 0.15) is 6.54 Å². The van der Waals surface area contributed by atoms with Gasteiger partial charge in [0.2, 0.25) is 0 Å². The maximum absolute atomic E-state index is 4.38. The molecule has 0 saturated carbocycles. The summed E-state index contributed by atoms with van der Waals surface area (Å²) < 4.78 is 1.90. The van der Waals surface area contributed by atoms with Crippen LogP contribution < -0.4 is 5.32 Å². The summed E-state index contributed by atoms with van der Waals surface area (Å²) in [6.45, 7) is 9.87. The minimum atomic E-state index is 0.0982. The van der Waals surface area contributed by atoms with Crippen molar-refractivity contribution < 1.29 is 0 Å². The van der Waals surface area contributed by atoms with E-state index in [1.54, 1.807) is 7.05 Å². The smallest absolute Gasteiger partial charge is 0.196 e. The van der Waals surface area contributed by atoms with E-state index in [0.717, 1.165) is 12.2 Å².